The minimum Gasteiger partial charge on any atom is -0.352 e. The Hall–Kier alpha value is -3.69. The van der Waals surface area contributed by atoms with Crippen molar-refractivity contribution in [3.05, 3.63) is 75.8 Å². The summed E-state index contributed by atoms with van der Waals surface area (Å²) in [5.41, 5.74) is 2.67. The molecule has 3 amide bonds. The topological polar surface area (TPSA) is 104 Å². The van der Waals surface area contributed by atoms with Gasteiger partial charge in [-0.1, -0.05) is 23.7 Å². The second kappa shape index (κ2) is 11.1. The van der Waals surface area contributed by atoms with Gasteiger partial charge in [0.25, 0.3) is 11.8 Å². The second-order valence-corrected chi connectivity index (χ2v) is 10.1. The number of nitrogens with one attached hydrogen (secondary N) is 2. The molecule has 0 spiro atoms. The number of fused-ring (bicyclic) bond motifs is 1. The third-order valence-electron chi connectivity index (χ3n) is 6.08. The van der Waals surface area contributed by atoms with Gasteiger partial charge in [0.1, 0.15) is 0 Å². The molecule has 0 unspecified atom stereocenters. The highest BCUT2D eigenvalue weighted by molar-refractivity contribution is 8.18. The van der Waals surface area contributed by atoms with Crippen LogP contribution in [0, 0.1) is 0 Å². The normalized spacial score (nSPS) is 16.5. The quantitative estimate of drug-likeness (QED) is 0.336. The van der Waals surface area contributed by atoms with E-state index in [1.165, 1.54) is 11.8 Å². The number of pyridine rings is 1. The van der Waals surface area contributed by atoms with E-state index in [1.54, 1.807) is 30.5 Å². The molecule has 10 heteroatoms. The molecule has 5 rings (SSSR count). The summed E-state index contributed by atoms with van der Waals surface area (Å²) in [4.78, 5) is 47.6. The molecule has 2 aromatic carbocycles. The van der Waals surface area contributed by atoms with Crippen molar-refractivity contribution in [2.24, 2.45) is 4.99 Å². The largest absolute Gasteiger partial charge is 0.352 e. The molecule has 0 radical (unpaired) electrons. The second-order valence-electron chi connectivity index (χ2n) is 8.70. The maximum atomic E-state index is 12.6. The molecular formula is C27H24ClN5O3S. The smallest absolute Gasteiger partial charge is 0.286 e. The van der Waals surface area contributed by atoms with E-state index in [2.05, 4.69) is 20.6 Å². The van der Waals surface area contributed by atoms with Crippen LogP contribution in [0.25, 0.3) is 17.0 Å². The van der Waals surface area contributed by atoms with E-state index in [-0.39, 0.29) is 17.7 Å². The van der Waals surface area contributed by atoms with Gasteiger partial charge in [-0.3, -0.25) is 19.4 Å². The molecule has 0 aliphatic carbocycles. The Kier molecular flexibility index (Phi) is 7.52. The molecule has 37 heavy (non-hydrogen) atoms. The predicted octanol–water partition coefficient (Wildman–Crippen LogP) is 4.71. The van der Waals surface area contributed by atoms with Gasteiger partial charge < -0.3 is 15.5 Å². The van der Waals surface area contributed by atoms with Gasteiger partial charge in [-0.25, -0.2) is 0 Å². The van der Waals surface area contributed by atoms with E-state index in [0.717, 1.165) is 29.4 Å². The fourth-order valence-corrected chi connectivity index (χ4v) is 5.18. The summed E-state index contributed by atoms with van der Waals surface area (Å²) in [5.74, 6) is -0.408. The molecule has 0 bridgehead atoms. The third-order valence-corrected chi connectivity index (χ3v) is 7.31. The van der Waals surface area contributed by atoms with Gasteiger partial charge in [0, 0.05) is 43.2 Å². The molecule has 1 saturated heterocycles. The maximum Gasteiger partial charge on any atom is 0.286 e. The molecule has 188 valence electrons. The van der Waals surface area contributed by atoms with Crippen LogP contribution in [0.4, 0.5) is 5.69 Å². The fourth-order valence-electron chi connectivity index (χ4n) is 4.19. The van der Waals surface area contributed by atoms with Gasteiger partial charge in [0.05, 0.1) is 21.1 Å². The predicted molar refractivity (Wildman–Crippen MR) is 148 cm³/mol. The van der Waals surface area contributed by atoms with Crippen LogP contribution in [0.3, 0.4) is 0 Å². The van der Waals surface area contributed by atoms with E-state index in [1.807, 2.05) is 35.2 Å². The average Bonchev–Trinajstić information content (AvgIpc) is 3.46. The zero-order valence-electron chi connectivity index (χ0n) is 19.9. The van der Waals surface area contributed by atoms with Crippen molar-refractivity contribution in [1.29, 1.82) is 0 Å². The number of amidine groups is 1. The molecule has 8 nitrogen and oxygen atoms in total. The molecule has 1 fully saturated rings. The number of benzene rings is 2. The highest BCUT2D eigenvalue weighted by Crippen LogP contribution is 2.32. The van der Waals surface area contributed by atoms with E-state index < -0.39 is 0 Å². The first-order chi connectivity index (χ1) is 18.0. The first kappa shape index (κ1) is 25.0. The Morgan fingerprint density at radius 1 is 1.16 bits per heavy atom. The minimum absolute atomic E-state index is 0.179. The van der Waals surface area contributed by atoms with Crippen LogP contribution < -0.4 is 10.6 Å². The van der Waals surface area contributed by atoms with Crippen molar-refractivity contribution in [2.75, 3.05) is 25.0 Å². The Labute approximate surface area is 223 Å². The summed E-state index contributed by atoms with van der Waals surface area (Å²) in [6.45, 7) is 1.90. The number of carbonyl (C=O) groups excluding carboxylic acids is 3. The van der Waals surface area contributed by atoms with Gasteiger partial charge in [0.15, 0.2) is 5.17 Å². The molecule has 3 aromatic rings. The van der Waals surface area contributed by atoms with Gasteiger partial charge in [-0.15, -0.1) is 0 Å². The highest BCUT2D eigenvalue weighted by Gasteiger charge is 2.23. The summed E-state index contributed by atoms with van der Waals surface area (Å²) in [7, 11) is 0. The van der Waals surface area contributed by atoms with Crippen LogP contribution in [0.2, 0.25) is 5.02 Å². The molecule has 2 aliphatic rings. The number of anilines is 1. The lowest BCUT2D eigenvalue weighted by Gasteiger charge is -2.15. The van der Waals surface area contributed by atoms with Crippen molar-refractivity contribution in [1.82, 2.24) is 15.2 Å². The molecule has 1 aromatic heterocycles. The monoisotopic (exact) mass is 533 g/mol. The van der Waals surface area contributed by atoms with Crippen molar-refractivity contribution in [3.63, 3.8) is 0 Å². The van der Waals surface area contributed by atoms with Crippen LogP contribution in [0.15, 0.2) is 64.6 Å². The zero-order valence-corrected chi connectivity index (χ0v) is 21.4. The number of hydrogen-bond acceptors (Lipinski definition) is 6. The number of amides is 3. The van der Waals surface area contributed by atoms with Crippen LogP contribution in [-0.4, -0.2) is 52.4 Å². The van der Waals surface area contributed by atoms with Crippen LogP contribution in [-0.2, 0) is 9.59 Å². The number of aliphatic imine (C=N–C) groups is 1. The first-order valence-corrected chi connectivity index (χ1v) is 13.2. The molecule has 2 aliphatic heterocycles. The summed E-state index contributed by atoms with van der Waals surface area (Å²) in [6, 6.07) is 14.5. The standard InChI is InChI=1S/C27H24ClN5O3S/c28-20-8-7-19(25(35)30-11-3-13-33-12-2-5-24(33)34)16-22(20)31-27-32-26(36)23(37-27)15-17-6-9-21-18(14-17)4-1-10-29-21/h1,4,6-10,14-16H,2-3,5,11-13H2,(H,30,35)(H,31,32,36). The molecule has 2 N–H and O–H groups in total. The summed E-state index contributed by atoms with van der Waals surface area (Å²) in [6.07, 6.45) is 5.73. The van der Waals surface area contributed by atoms with E-state index in [4.69, 9.17) is 11.6 Å². The van der Waals surface area contributed by atoms with Crippen molar-refractivity contribution in [2.45, 2.75) is 19.3 Å². The number of carbonyl (C=O) groups is 3. The lowest BCUT2D eigenvalue weighted by atomic mass is 10.1. The molecule has 0 atom stereocenters. The Balaban J connectivity index is 1.20. The lowest BCUT2D eigenvalue weighted by Crippen LogP contribution is -2.30. The third kappa shape index (κ3) is 6.00. The van der Waals surface area contributed by atoms with E-state index >= 15 is 0 Å². The van der Waals surface area contributed by atoms with Gasteiger partial charge >= 0.3 is 0 Å². The number of hydrogen-bond donors (Lipinski definition) is 2. The molecule has 0 saturated carbocycles. The minimum atomic E-state index is -0.347. The number of nitrogens with zero attached hydrogens (tertiary/aromatic N) is 3. The Morgan fingerprint density at radius 3 is 2.89 bits per heavy atom. The number of halogens is 1. The van der Waals surface area contributed by atoms with Crippen molar-refractivity contribution < 1.29 is 14.4 Å². The zero-order chi connectivity index (χ0) is 25.8. The number of rotatable bonds is 7. The summed E-state index contributed by atoms with van der Waals surface area (Å²) < 4.78 is 0. The number of aromatic nitrogens is 1. The fraction of sp³-hybridized carbons (Fsp3) is 0.222. The van der Waals surface area contributed by atoms with Crippen LogP contribution in [0.5, 0.6) is 0 Å². The van der Waals surface area contributed by atoms with Crippen molar-refractivity contribution >= 4 is 68.9 Å². The van der Waals surface area contributed by atoms with Crippen molar-refractivity contribution in [3.8, 4) is 0 Å². The SMILES string of the molecule is O=C1N=C(Nc2cc(C(=O)NCCCN3CCCC3=O)ccc2Cl)SC1=Cc1ccc2ncccc2c1. The van der Waals surface area contributed by atoms with Gasteiger partial charge in [0.2, 0.25) is 5.91 Å². The summed E-state index contributed by atoms with van der Waals surface area (Å²) >= 11 is 7.56. The molecular weight excluding hydrogens is 510 g/mol. The summed E-state index contributed by atoms with van der Waals surface area (Å²) in [5, 5.41) is 7.73. The van der Waals surface area contributed by atoms with Gasteiger partial charge in [-0.2, -0.15) is 4.99 Å². The van der Waals surface area contributed by atoms with Crippen LogP contribution >= 0.6 is 23.4 Å². The van der Waals surface area contributed by atoms with Gasteiger partial charge in [-0.05, 0) is 72.6 Å². The Morgan fingerprint density at radius 2 is 2.05 bits per heavy atom. The highest BCUT2D eigenvalue weighted by atomic mass is 35.5. The lowest BCUT2D eigenvalue weighted by molar-refractivity contribution is -0.127. The first-order valence-electron chi connectivity index (χ1n) is 12.0. The van der Waals surface area contributed by atoms with E-state index in [0.29, 0.717) is 52.3 Å². The Bertz CT molecular complexity index is 1450. The number of thioether (sulfide) groups is 1. The van der Waals surface area contributed by atoms with E-state index in [9.17, 15) is 14.4 Å². The molecule has 3 heterocycles. The number of likely N-dealkylation sites (tertiary alicyclic amines) is 1. The maximum absolute atomic E-state index is 12.6. The average molecular weight is 534 g/mol. The van der Waals surface area contributed by atoms with Crippen LogP contribution in [0.1, 0.15) is 35.2 Å².